The van der Waals surface area contributed by atoms with Crippen molar-refractivity contribution in [3.63, 3.8) is 0 Å². The lowest BCUT2D eigenvalue weighted by Crippen LogP contribution is -2.35. The van der Waals surface area contributed by atoms with E-state index in [-0.39, 0.29) is 24.9 Å². The van der Waals surface area contributed by atoms with Crippen LogP contribution < -0.4 is 0 Å². The third kappa shape index (κ3) is 3.05. The van der Waals surface area contributed by atoms with Gasteiger partial charge in [-0.15, -0.1) is 4.28 Å². The van der Waals surface area contributed by atoms with Gasteiger partial charge in [-0.3, -0.25) is 4.55 Å². The quantitative estimate of drug-likeness (QED) is 0.556. The second-order valence-electron chi connectivity index (χ2n) is 5.19. The van der Waals surface area contributed by atoms with Crippen molar-refractivity contribution in [2.45, 2.75) is 31.8 Å². The minimum atomic E-state index is -4.81. The van der Waals surface area contributed by atoms with Gasteiger partial charge in [0.1, 0.15) is 6.04 Å². The van der Waals surface area contributed by atoms with Crippen LogP contribution in [0.1, 0.15) is 42.3 Å². The molecule has 3 heterocycles. The monoisotopic (exact) mass is 362 g/mol. The van der Waals surface area contributed by atoms with E-state index in [0.29, 0.717) is 17.9 Å². The van der Waals surface area contributed by atoms with Crippen LogP contribution in [0.15, 0.2) is 4.52 Å². The molecular weight excluding hydrogens is 348 g/mol. The first kappa shape index (κ1) is 16.6. The van der Waals surface area contributed by atoms with E-state index in [1.165, 1.54) is 4.90 Å². The Morgan fingerprint density at radius 3 is 2.88 bits per heavy atom. The SMILES string of the molecule is CCOC(=O)c1noc(C2CC[C@@H]3CN2C(=O)N3OS(=O)(=O)O)n1. The van der Waals surface area contributed by atoms with Crippen LogP contribution in [-0.2, 0) is 19.4 Å². The number of ether oxygens (including phenoxy) is 1. The molecule has 12 nitrogen and oxygen atoms in total. The molecule has 0 aliphatic carbocycles. The third-order valence-electron chi connectivity index (χ3n) is 3.68. The summed E-state index contributed by atoms with van der Waals surface area (Å²) in [5, 5.41) is 4.13. The Kier molecular flexibility index (Phi) is 4.15. The van der Waals surface area contributed by atoms with E-state index in [0.717, 1.165) is 0 Å². The topological polar surface area (TPSA) is 152 Å². The molecule has 2 amide bonds. The zero-order valence-electron chi connectivity index (χ0n) is 12.5. The zero-order valence-corrected chi connectivity index (χ0v) is 13.3. The Morgan fingerprint density at radius 1 is 1.46 bits per heavy atom. The molecule has 2 fully saturated rings. The van der Waals surface area contributed by atoms with Crippen molar-refractivity contribution >= 4 is 22.4 Å². The Balaban J connectivity index is 1.78. The van der Waals surface area contributed by atoms with Crippen LogP contribution in [0.2, 0.25) is 0 Å². The van der Waals surface area contributed by atoms with Gasteiger partial charge >= 0.3 is 22.4 Å². The summed E-state index contributed by atoms with van der Waals surface area (Å²) in [5.74, 6) is -0.963. The van der Waals surface area contributed by atoms with Crippen LogP contribution in [0.4, 0.5) is 4.79 Å². The van der Waals surface area contributed by atoms with Crippen molar-refractivity contribution in [1.82, 2.24) is 20.1 Å². The van der Waals surface area contributed by atoms with E-state index in [1.807, 2.05) is 0 Å². The minimum Gasteiger partial charge on any atom is -0.460 e. The highest BCUT2D eigenvalue weighted by Gasteiger charge is 2.49. The number of fused-ring (bicyclic) bond motifs is 2. The van der Waals surface area contributed by atoms with Crippen molar-refractivity contribution in [3.05, 3.63) is 11.7 Å². The summed E-state index contributed by atoms with van der Waals surface area (Å²) in [6, 6.07) is -1.90. The highest BCUT2D eigenvalue weighted by Crippen LogP contribution is 2.38. The lowest BCUT2D eigenvalue weighted by molar-refractivity contribution is -0.0317. The number of piperidine rings is 1. The molecule has 132 valence electrons. The molecule has 1 aromatic rings. The molecule has 0 spiro atoms. The first-order valence-electron chi connectivity index (χ1n) is 7.07. The second-order valence-corrected chi connectivity index (χ2v) is 6.19. The van der Waals surface area contributed by atoms with E-state index < -0.39 is 34.5 Å². The summed E-state index contributed by atoms with van der Waals surface area (Å²) < 4.78 is 44.5. The van der Waals surface area contributed by atoms with Crippen LogP contribution in [0.25, 0.3) is 0 Å². The maximum absolute atomic E-state index is 12.3. The molecule has 2 saturated heterocycles. The Hall–Kier alpha value is -2.25. The van der Waals surface area contributed by atoms with Crippen molar-refractivity contribution in [2.75, 3.05) is 13.2 Å². The van der Waals surface area contributed by atoms with Crippen LogP contribution in [0.3, 0.4) is 0 Å². The smallest absolute Gasteiger partial charge is 0.418 e. The number of rotatable bonds is 5. The van der Waals surface area contributed by atoms with Crippen LogP contribution in [-0.4, -0.2) is 64.3 Å². The van der Waals surface area contributed by atoms with E-state index >= 15 is 0 Å². The average molecular weight is 362 g/mol. The lowest BCUT2D eigenvalue weighted by atomic mass is 10.0. The summed E-state index contributed by atoms with van der Waals surface area (Å²) in [6.45, 7) is 1.95. The number of urea groups is 1. The highest BCUT2D eigenvalue weighted by molar-refractivity contribution is 7.80. The number of hydrogen-bond donors (Lipinski definition) is 1. The molecular formula is C11H14N4O8S. The fraction of sp³-hybridized carbons (Fsp3) is 0.636. The molecule has 2 aliphatic heterocycles. The number of nitrogens with zero attached hydrogens (tertiary/aromatic N) is 4. The van der Waals surface area contributed by atoms with Gasteiger partial charge in [0.15, 0.2) is 0 Å². The molecule has 2 bridgehead atoms. The molecule has 1 unspecified atom stereocenters. The Morgan fingerprint density at radius 2 is 2.21 bits per heavy atom. The predicted molar refractivity (Wildman–Crippen MR) is 72.6 cm³/mol. The molecule has 3 rings (SSSR count). The number of amides is 2. The van der Waals surface area contributed by atoms with Gasteiger partial charge in [0, 0.05) is 6.54 Å². The van der Waals surface area contributed by atoms with Gasteiger partial charge in [-0.1, -0.05) is 0 Å². The standard InChI is InChI=1S/C11H14N4O8S/c1-2-21-10(16)8-12-9(22-13-8)7-4-3-6-5-14(7)11(17)15(6)23-24(18,19)20/h6-7H,2-5H2,1H3,(H,18,19,20)/t6-,7?/m1/s1. The van der Waals surface area contributed by atoms with E-state index in [2.05, 4.69) is 14.4 Å². The maximum Gasteiger partial charge on any atom is 0.418 e. The van der Waals surface area contributed by atoms with Crippen molar-refractivity contribution in [1.29, 1.82) is 0 Å². The van der Waals surface area contributed by atoms with Crippen LogP contribution in [0.5, 0.6) is 0 Å². The largest absolute Gasteiger partial charge is 0.460 e. The normalized spacial score (nSPS) is 23.7. The molecule has 0 saturated carbocycles. The van der Waals surface area contributed by atoms with Crippen molar-refractivity contribution in [2.24, 2.45) is 0 Å². The summed E-state index contributed by atoms with van der Waals surface area (Å²) in [7, 11) is -4.81. The number of carbonyl (C=O) groups is 2. The van der Waals surface area contributed by atoms with E-state index in [9.17, 15) is 18.0 Å². The van der Waals surface area contributed by atoms with Gasteiger partial charge in [0.05, 0.1) is 12.6 Å². The zero-order chi connectivity index (χ0) is 17.5. The van der Waals surface area contributed by atoms with Gasteiger partial charge in [0.2, 0.25) is 5.89 Å². The number of aromatic nitrogens is 2. The van der Waals surface area contributed by atoms with Crippen LogP contribution >= 0.6 is 0 Å². The fourth-order valence-electron chi connectivity index (χ4n) is 2.74. The summed E-state index contributed by atoms with van der Waals surface area (Å²) >= 11 is 0. The minimum absolute atomic E-state index is 0.0403. The average Bonchev–Trinajstić information content (AvgIpc) is 3.08. The number of carbonyl (C=O) groups excluding carboxylic acids is 2. The van der Waals surface area contributed by atoms with E-state index in [1.54, 1.807) is 6.92 Å². The number of hydrogen-bond acceptors (Lipinski definition) is 9. The molecule has 0 aromatic carbocycles. The van der Waals surface area contributed by atoms with Gasteiger partial charge in [-0.25, -0.2) is 9.59 Å². The molecule has 2 atom stereocenters. The first-order chi connectivity index (χ1) is 11.3. The second kappa shape index (κ2) is 5.99. The maximum atomic E-state index is 12.3. The summed E-state index contributed by atoms with van der Waals surface area (Å²) in [4.78, 5) is 29.0. The molecule has 24 heavy (non-hydrogen) atoms. The molecule has 2 aliphatic rings. The van der Waals surface area contributed by atoms with Gasteiger partial charge in [-0.05, 0) is 24.9 Å². The molecule has 1 aromatic heterocycles. The summed E-state index contributed by atoms with van der Waals surface area (Å²) in [6.07, 6.45) is 0.783. The van der Waals surface area contributed by atoms with Crippen molar-refractivity contribution in [3.8, 4) is 0 Å². The Bertz CT molecular complexity index is 762. The Labute approximate surface area is 136 Å². The first-order valence-corrected chi connectivity index (χ1v) is 8.44. The fourth-order valence-corrected chi connectivity index (χ4v) is 3.13. The van der Waals surface area contributed by atoms with E-state index in [4.69, 9.17) is 13.8 Å². The van der Waals surface area contributed by atoms with Crippen LogP contribution in [0, 0.1) is 0 Å². The lowest BCUT2D eigenvalue weighted by Gasteiger charge is -2.27. The van der Waals surface area contributed by atoms with Gasteiger partial charge in [-0.2, -0.15) is 18.5 Å². The predicted octanol–water partition coefficient (Wildman–Crippen LogP) is -0.0782. The molecule has 13 heteroatoms. The van der Waals surface area contributed by atoms with Gasteiger partial charge in [0.25, 0.3) is 5.82 Å². The third-order valence-corrected chi connectivity index (χ3v) is 4.03. The highest BCUT2D eigenvalue weighted by atomic mass is 32.3. The van der Waals surface area contributed by atoms with Crippen molar-refractivity contribution < 1.29 is 36.1 Å². The molecule has 0 radical (unpaired) electrons. The van der Waals surface area contributed by atoms with Gasteiger partial charge < -0.3 is 14.2 Å². The number of esters is 1. The molecule has 1 N–H and O–H groups in total. The number of hydroxylamine groups is 2. The summed E-state index contributed by atoms with van der Waals surface area (Å²) in [5.41, 5.74) is 0.